The molecule has 0 unspecified atom stereocenters. The van der Waals surface area contributed by atoms with Gasteiger partial charge in [0.05, 0.1) is 0 Å². The van der Waals surface area contributed by atoms with Crippen LogP contribution in [0.3, 0.4) is 0 Å². The minimum absolute atomic E-state index is 0.0978. The van der Waals surface area contributed by atoms with Crippen molar-refractivity contribution in [3.63, 3.8) is 0 Å². The monoisotopic (exact) mass is 187 g/mol. The van der Waals surface area contributed by atoms with Crippen LogP contribution in [-0.4, -0.2) is 15.9 Å². The van der Waals surface area contributed by atoms with E-state index in [4.69, 9.17) is 28.8 Å². The normalized spacial score (nSPS) is 9.75. The van der Waals surface area contributed by atoms with Crippen LogP contribution in [0.15, 0.2) is 0 Å². The zero-order valence-corrected chi connectivity index (χ0v) is 6.67. The fourth-order valence-electron chi connectivity index (χ4n) is 0.719. The van der Waals surface area contributed by atoms with E-state index in [1.165, 1.54) is 0 Å². The number of rotatable bonds is 1. The lowest BCUT2D eigenvalue weighted by Gasteiger charge is -2.02. The van der Waals surface area contributed by atoms with Crippen molar-refractivity contribution >= 4 is 29.1 Å². The quantitative estimate of drug-likeness (QED) is 0.507. The van der Waals surface area contributed by atoms with Crippen molar-refractivity contribution in [2.75, 3.05) is 11.5 Å². The van der Waals surface area contributed by atoms with Gasteiger partial charge in [-0.3, -0.25) is 4.79 Å². The largest absolute Gasteiger partial charge is 0.383 e. The molecule has 0 spiro atoms. The van der Waals surface area contributed by atoms with E-state index >= 15 is 0 Å². The molecule has 64 valence electrons. The number of hydrogen-bond donors (Lipinski definition) is 3. The number of carbonyl (C=O) groups is 1. The fraction of sp³-hybridized carbons (Fsp3) is 0. The lowest BCUT2D eigenvalue weighted by atomic mass is 10.3. The molecule has 1 aromatic heterocycles. The molecule has 0 aliphatic carbocycles. The maximum absolute atomic E-state index is 10.7. The summed E-state index contributed by atoms with van der Waals surface area (Å²) in [6.07, 6.45) is 0. The molecule has 1 heterocycles. The fourth-order valence-corrected chi connectivity index (χ4v) is 0.901. The molecule has 1 amide bonds. The molecule has 7 heteroatoms. The molecule has 0 radical (unpaired) electrons. The Kier molecular flexibility index (Phi) is 2.01. The van der Waals surface area contributed by atoms with E-state index in [2.05, 4.69) is 9.97 Å². The van der Waals surface area contributed by atoms with E-state index in [0.717, 1.165) is 0 Å². The Bertz CT molecular complexity index is 316. The molecular weight excluding hydrogens is 182 g/mol. The first-order chi connectivity index (χ1) is 5.52. The molecule has 0 aromatic carbocycles. The van der Waals surface area contributed by atoms with Crippen LogP contribution in [0.4, 0.5) is 11.6 Å². The summed E-state index contributed by atoms with van der Waals surface area (Å²) in [6, 6.07) is 0. The maximum atomic E-state index is 10.7. The summed E-state index contributed by atoms with van der Waals surface area (Å²) in [5, 5.41) is -0.116. The molecule has 0 fully saturated rings. The Labute approximate surface area is 72.7 Å². The summed E-state index contributed by atoms with van der Waals surface area (Å²) in [6.45, 7) is 0. The average Bonchev–Trinajstić information content (AvgIpc) is 1.82. The molecule has 0 bridgehead atoms. The van der Waals surface area contributed by atoms with Gasteiger partial charge in [-0.05, 0) is 11.6 Å². The number of nitrogens with two attached hydrogens (primary N) is 3. The van der Waals surface area contributed by atoms with Crippen molar-refractivity contribution in [2.45, 2.75) is 0 Å². The standard InChI is InChI=1S/C5H6ClN5O/c6-5-10-2(7)1(4(9)12)3(8)11-5/h(H2,9,12)(H4,7,8,10,11). The van der Waals surface area contributed by atoms with E-state index in [1.54, 1.807) is 0 Å². The van der Waals surface area contributed by atoms with Gasteiger partial charge in [0.2, 0.25) is 5.28 Å². The lowest BCUT2D eigenvalue weighted by molar-refractivity contribution is 0.100. The van der Waals surface area contributed by atoms with Gasteiger partial charge in [-0.1, -0.05) is 0 Å². The van der Waals surface area contributed by atoms with Crippen molar-refractivity contribution < 1.29 is 4.79 Å². The maximum Gasteiger partial charge on any atom is 0.256 e. The molecular formula is C5H6ClN5O. The second-order valence-corrected chi connectivity index (χ2v) is 2.34. The van der Waals surface area contributed by atoms with Crippen LogP contribution in [0, 0.1) is 0 Å². The highest BCUT2D eigenvalue weighted by atomic mass is 35.5. The van der Waals surface area contributed by atoms with Gasteiger partial charge in [-0.15, -0.1) is 0 Å². The number of carbonyl (C=O) groups excluding carboxylic acids is 1. The summed E-state index contributed by atoms with van der Waals surface area (Å²) >= 11 is 5.39. The third-order valence-electron chi connectivity index (χ3n) is 1.18. The predicted octanol–water partition coefficient (Wildman–Crippen LogP) is -0.607. The molecule has 0 atom stereocenters. The Morgan fingerprint density at radius 2 is 1.67 bits per heavy atom. The zero-order valence-electron chi connectivity index (χ0n) is 5.91. The van der Waals surface area contributed by atoms with Crippen molar-refractivity contribution in [1.82, 2.24) is 9.97 Å². The molecule has 1 rings (SSSR count). The van der Waals surface area contributed by atoms with Gasteiger partial charge in [0.25, 0.3) is 5.91 Å². The Morgan fingerprint density at radius 1 is 1.25 bits per heavy atom. The first kappa shape index (κ1) is 8.54. The third kappa shape index (κ3) is 1.37. The van der Waals surface area contributed by atoms with Crippen LogP contribution in [0.2, 0.25) is 5.28 Å². The van der Waals surface area contributed by atoms with E-state index in [-0.39, 0.29) is 22.5 Å². The highest BCUT2D eigenvalue weighted by molar-refractivity contribution is 6.28. The summed E-state index contributed by atoms with van der Waals surface area (Å²) in [5.74, 6) is -0.998. The number of hydrogen-bond acceptors (Lipinski definition) is 5. The molecule has 0 aliphatic heterocycles. The number of amides is 1. The number of primary amides is 1. The summed E-state index contributed by atoms with van der Waals surface area (Å²) in [4.78, 5) is 17.7. The summed E-state index contributed by atoms with van der Waals surface area (Å²) in [5.41, 5.74) is 15.5. The van der Waals surface area contributed by atoms with Crippen molar-refractivity contribution in [3.05, 3.63) is 10.8 Å². The minimum atomic E-state index is -0.776. The Morgan fingerprint density at radius 3 is 2.00 bits per heavy atom. The van der Waals surface area contributed by atoms with E-state index in [1.807, 2.05) is 0 Å². The van der Waals surface area contributed by atoms with Crippen LogP contribution in [0.25, 0.3) is 0 Å². The third-order valence-corrected chi connectivity index (χ3v) is 1.35. The first-order valence-electron chi connectivity index (χ1n) is 2.90. The molecule has 12 heavy (non-hydrogen) atoms. The number of aromatic nitrogens is 2. The molecule has 6 N–H and O–H groups in total. The molecule has 0 saturated heterocycles. The van der Waals surface area contributed by atoms with E-state index in [9.17, 15) is 4.79 Å². The second kappa shape index (κ2) is 2.82. The molecule has 1 aromatic rings. The Balaban J connectivity index is 3.38. The van der Waals surface area contributed by atoms with Crippen molar-refractivity contribution in [3.8, 4) is 0 Å². The van der Waals surface area contributed by atoms with Crippen molar-refractivity contribution in [1.29, 1.82) is 0 Å². The first-order valence-corrected chi connectivity index (χ1v) is 3.28. The lowest BCUT2D eigenvalue weighted by Crippen LogP contribution is -2.18. The van der Waals surface area contributed by atoms with Gasteiger partial charge < -0.3 is 17.2 Å². The van der Waals surface area contributed by atoms with Gasteiger partial charge in [-0.25, -0.2) is 9.97 Å². The highest BCUT2D eigenvalue weighted by Crippen LogP contribution is 2.16. The summed E-state index contributed by atoms with van der Waals surface area (Å²) in [7, 11) is 0. The van der Waals surface area contributed by atoms with E-state index < -0.39 is 5.91 Å². The second-order valence-electron chi connectivity index (χ2n) is 2.00. The van der Waals surface area contributed by atoms with Crippen LogP contribution >= 0.6 is 11.6 Å². The SMILES string of the molecule is NC(=O)c1c(N)nc(Cl)nc1N. The van der Waals surface area contributed by atoms with Crippen LogP contribution in [0.5, 0.6) is 0 Å². The van der Waals surface area contributed by atoms with Gasteiger partial charge >= 0.3 is 0 Å². The van der Waals surface area contributed by atoms with Gasteiger partial charge in [0, 0.05) is 0 Å². The van der Waals surface area contributed by atoms with Gasteiger partial charge in [0.15, 0.2) is 0 Å². The highest BCUT2D eigenvalue weighted by Gasteiger charge is 2.13. The van der Waals surface area contributed by atoms with Gasteiger partial charge in [0.1, 0.15) is 17.2 Å². The van der Waals surface area contributed by atoms with Crippen LogP contribution in [0.1, 0.15) is 10.4 Å². The van der Waals surface area contributed by atoms with Crippen LogP contribution < -0.4 is 17.2 Å². The number of halogens is 1. The predicted molar refractivity (Wildman–Crippen MR) is 44.4 cm³/mol. The number of anilines is 2. The number of nitrogens with zero attached hydrogens (tertiary/aromatic N) is 2. The van der Waals surface area contributed by atoms with E-state index in [0.29, 0.717) is 0 Å². The van der Waals surface area contributed by atoms with Gasteiger partial charge in [-0.2, -0.15) is 0 Å². The van der Waals surface area contributed by atoms with Crippen LogP contribution in [-0.2, 0) is 0 Å². The van der Waals surface area contributed by atoms with Crippen molar-refractivity contribution in [2.24, 2.45) is 5.73 Å². The smallest absolute Gasteiger partial charge is 0.256 e. The molecule has 0 saturated carbocycles. The average molecular weight is 188 g/mol. The molecule has 0 aliphatic rings. The Hall–Kier alpha value is -1.56. The number of nitrogen functional groups attached to an aromatic ring is 2. The summed E-state index contributed by atoms with van der Waals surface area (Å²) < 4.78 is 0. The zero-order chi connectivity index (χ0) is 9.30. The topological polar surface area (TPSA) is 121 Å². The molecule has 6 nitrogen and oxygen atoms in total. The minimum Gasteiger partial charge on any atom is -0.383 e.